The first-order chi connectivity index (χ1) is 9.63. The molecule has 0 aromatic carbocycles. The van der Waals surface area contributed by atoms with Crippen molar-refractivity contribution in [1.29, 1.82) is 0 Å². The van der Waals surface area contributed by atoms with Crippen LogP contribution in [0, 0.1) is 0 Å². The molecule has 0 N–H and O–H groups in total. The summed E-state index contributed by atoms with van der Waals surface area (Å²) in [6.07, 6.45) is 1.60. The van der Waals surface area contributed by atoms with Crippen LogP contribution < -0.4 is 0 Å². The molecular formula is C14H16N2O4. The molecule has 0 saturated carbocycles. The molecule has 20 heavy (non-hydrogen) atoms. The topological polar surface area (TPSA) is 68.7 Å². The molecule has 1 aliphatic heterocycles. The maximum absolute atomic E-state index is 12.4. The molecule has 2 unspecified atom stereocenters. The molecule has 6 heteroatoms. The summed E-state index contributed by atoms with van der Waals surface area (Å²) in [5.74, 6) is 0.863. The molecule has 0 spiro atoms. The van der Waals surface area contributed by atoms with Crippen molar-refractivity contribution in [3.05, 3.63) is 30.2 Å². The zero-order chi connectivity index (χ0) is 14.1. The Balaban J connectivity index is 1.77. The lowest BCUT2D eigenvalue weighted by molar-refractivity contribution is -0.0588. The number of rotatable bonds is 2. The first-order valence-corrected chi connectivity index (χ1v) is 6.59. The summed E-state index contributed by atoms with van der Waals surface area (Å²) in [4.78, 5) is 14.1. The fraction of sp³-hybridized carbons (Fsp3) is 0.429. The summed E-state index contributed by atoms with van der Waals surface area (Å²) >= 11 is 0. The van der Waals surface area contributed by atoms with E-state index in [9.17, 15) is 4.79 Å². The van der Waals surface area contributed by atoms with Crippen molar-refractivity contribution in [1.82, 2.24) is 10.1 Å². The maximum atomic E-state index is 12.4. The highest BCUT2D eigenvalue weighted by molar-refractivity contribution is 5.93. The van der Waals surface area contributed by atoms with E-state index in [2.05, 4.69) is 5.16 Å². The third-order valence-electron chi connectivity index (χ3n) is 3.20. The molecular weight excluding hydrogens is 260 g/mol. The predicted molar refractivity (Wildman–Crippen MR) is 70.1 cm³/mol. The van der Waals surface area contributed by atoms with Crippen molar-refractivity contribution in [2.75, 3.05) is 13.1 Å². The molecule has 1 aliphatic rings. The monoisotopic (exact) mass is 276 g/mol. The summed E-state index contributed by atoms with van der Waals surface area (Å²) in [6.45, 7) is 5.03. The van der Waals surface area contributed by atoms with Crippen molar-refractivity contribution in [2.24, 2.45) is 0 Å². The number of carbonyl (C=O) groups is 1. The number of ether oxygens (including phenoxy) is 1. The van der Waals surface area contributed by atoms with Crippen LogP contribution in [-0.4, -0.2) is 41.3 Å². The van der Waals surface area contributed by atoms with Crippen molar-refractivity contribution in [3.63, 3.8) is 0 Å². The van der Waals surface area contributed by atoms with E-state index in [1.807, 2.05) is 13.8 Å². The van der Waals surface area contributed by atoms with Gasteiger partial charge in [0.1, 0.15) is 0 Å². The Morgan fingerprint density at radius 1 is 1.30 bits per heavy atom. The Hall–Kier alpha value is -2.08. The van der Waals surface area contributed by atoms with Gasteiger partial charge in [0, 0.05) is 19.2 Å². The Kier molecular flexibility index (Phi) is 3.31. The van der Waals surface area contributed by atoms with Gasteiger partial charge in [0.15, 0.2) is 11.5 Å². The number of aromatic nitrogens is 1. The van der Waals surface area contributed by atoms with E-state index >= 15 is 0 Å². The van der Waals surface area contributed by atoms with Crippen LogP contribution in [0.2, 0.25) is 0 Å². The van der Waals surface area contributed by atoms with Crippen molar-refractivity contribution in [3.8, 4) is 11.5 Å². The lowest BCUT2D eigenvalue weighted by Gasteiger charge is -2.34. The molecule has 2 aromatic heterocycles. The predicted octanol–water partition coefficient (Wildman–Crippen LogP) is 2.18. The number of amides is 1. The van der Waals surface area contributed by atoms with Crippen LogP contribution in [0.5, 0.6) is 0 Å². The Bertz CT molecular complexity index is 580. The van der Waals surface area contributed by atoms with Gasteiger partial charge in [-0.05, 0) is 26.0 Å². The highest BCUT2D eigenvalue weighted by atomic mass is 16.5. The van der Waals surface area contributed by atoms with Crippen LogP contribution in [0.1, 0.15) is 24.3 Å². The van der Waals surface area contributed by atoms with Crippen molar-refractivity contribution >= 4 is 5.91 Å². The van der Waals surface area contributed by atoms with Gasteiger partial charge in [-0.1, -0.05) is 5.16 Å². The number of carbonyl (C=O) groups excluding carboxylic acids is 1. The van der Waals surface area contributed by atoms with E-state index in [1.165, 1.54) is 0 Å². The van der Waals surface area contributed by atoms with E-state index in [-0.39, 0.29) is 23.8 Å². The average Bonchev–Trinajstić information content (AvgIpc) is 3.07. The number of hydrogen-bond acceptors (Lipinski definition) is 5. The van der Waals surface area contributed by atoms with Crippen LogP contribution >= 0.6 is 0 Å². The summed E-state index contributed by atoms with van der Waals surface area (Å²) < 4.78 is 16.0. The van der Waals surface area contributed by atoms with Gasteiger partial charge in [-0.25, -0.2) is 0 Å². The summed E-state index contributed by atoms with van der Waals surface area (Å²) in [7, 11) is 0. The fourth-order valence-corrected chi connectivity index (χ4v) is 2.42. The minimum Gasteiger partial charge on any atom is -0.461 e. The van der Waals surface area contributed by atoms with Crippen LogP contribution in [0.4, 0.5) is 0 Å². The third-order valence-corrected chi connectivity index (χ3v) is 3.20. The van der Waals surface area contributed by atoms with E-state index in [4.69, 9.17) is 13.7 Å². The third kappa shape index (κ3) is 2.46. The maximum Gasteiger partial charge on any atom is 0.276 e. The van der Waals surface area contributed by atoms with Crippen molar-refractivity contribution < 1.29 is 18.5 Å². The molecule has 0 aliphatic carbocycles. The van der Waals surface area contributed by atoms with Gasteiger partial charge in [0.2, 0.25) is 5.76 Å². The lowest BCUT2D eigenvalue weighted by atomic mass is 10.2. The van der Waals surface area contributed by atoms with E-state index in [0.29, 0.717) is 24.6 Å². The second-order valence-electron chi connectivity index (χ2n) is 5.02. The molecule has 0 bridgehead atoms. The minimum absolute atomic E-state index is 0.0270. The van der Waals surface area contributed by atoms with Gasteiger partial charge in [-0.15, -0.1) is 0 Å². The van der Waals surface area contributed by atoms with Crippen molar-refractivity contribution in [2.45, 2.75) is 26.1 Å². The van der Waals surface area contributed by atoms with Gasteiger partial charge in [0.25, 0.3) is 5.91 Å². The van der Waals surface area contributed by atoms with E-state index in [0.717, 1.165) is 0 Å². The molecule has 0 radical (unpaired) electrons. The molecule has 3 heterocycles. The largest absolute Gasteiger partial charge is 0.461 e. The second-order valence-corrected chi connectivity index (χ2v) is 5.02. The number of furan rings is 1. The van der Waals surface area contributed by atoms with Gasteiger partial charge >= 0.3 is 0 Å². The summed E-state index contributed by atoms with van der Waals surface area (Å²) in [5.41, 5.74) is 0.290. The van der Waals surface area contributed by atoms with Gasteiger partial charge in [-0.3, -0.25) is 4.79 Å². The second kappa shape index (κ2) is 5.13. The summed E-state index contributed by atoms with van der Waals surface area (Å²) in [5, 5.41) is 3.83. The van der Waals surface area contributed by atoms with Crippen LogP contribution in [-0.2, 0) is 4.74 Å². The number of hydrogen-bond donors (Lipinski definition) is 0. The fourth-order valence-electron chi connectivity index (χ4n) is 2.42. The highest BCUT2D eigenvalue weighted by Gasteiger charge is 2.28. The smallest absolute Gasteiger partial charge is 0.276 e. The average molecular weight is 276 g/mol. The molecule has 2 aromatic rings. The molecule has 106 valence electrons. The number of morpholine rings is 1. The zero-order valence-corrected chi connectivity index (χ0v) is 11.4. The molecule has 2 atom stereocenters. The normalized spacial score (nSPS) is 23.0. The molecule has 1 fully saturated rings. The van der Waals surface area contributed by atoms with Gasteiger partial charge in [-0.2, -0.15) is 0 Å². The summed E-state index contributed by atoms with van der Waals surface area (Å²) in [6, 6.07) is 5.12. The molecule has 3 rings (SSSR count). The molecule has 6 nitrogen and oxygen atoms in total. The van der Waals surface area contributed by atoms with Crippen LogP contribution in [0.25, 0.3) is 11.5 Å². The van der Waals surface area contributed by atoms with Gasteiger partial charge in [0.05, 0.1) is 18.5 Å². The van der Waals surface area contributed by atoms with Crippen LogP contribution in [0.15, 0.2) is 33.4 Å². The molecule has 1 saturated heterocycles. The van der Waals surface area contributed by atoms with E-state index in [1.54, 1.807) is 29.4 Å². The SMILES string of the molecule is CC1CN(C(=O)c2cc(-c3ccco3)on2)CC(C)O1. The van der Waals surface area contributed by atoms with Crippen LogP contribution in [0.3, 0.4) is 0 Å². The Morgan fingerprint density at radius 2 is 2.05 bits per heavy atom. The Labute approximate surface area is 116 Å². The first kappa shape index (κ1) is 12.9. The van der Waals surface area contributed by atoms with Gasteiger partial charge < -0.3 is 18.6 Å². The zero-order valence-electron chi connectivity index (χ0n) is 11.4. The minimum atomic E-state index is -0.145. The standard InChI is InChI=1S/C14H16N2O4/c1-9-7-16(8-10(2)19-9)14(17)11-6-13(20-15-11)12-4-3-5-18-12/h3-6,9-10H,7-8H2,1-2H3. The molecule has 1 amide bonds. The highest BCUT2D eigenvalue weighted by Crippen LogP contribution is 2.22. The van der Waals surface area contributed by atoms with E-state index < -0.39 is 0 Å². The first-order valence-electron chi connectivity index (χ1n) is 6.59. The quantitative estimate of drug-likeness (QED) is 0.841. The lowest BCUT2D eigenvalue weighted by Crippen LogP contribution is -2.48. The number of nitrogens with zero attached hydrogens (tertiary/aromatic N) is 2. The Morgan fingerprint density at radius 3 is 2.70 bits per heavy atom.